The molecular weight excluding hydrogens is 574 g/mol. The van der Waals surface area contributed by atoms with Crippen molar-refractivity contribution in [3.8, 4) is 5.75 Å². The highest BCUT2D eigenvalue weighted by molar-refractivity contribution is 7.92. The van der Waals surface area contributed by atoms with Gasteiger partial charge >= 0.3 is 12.3 Å². The van der Waals surface area contributed by atoms with Crippen LogP contribution in [-0.4, -0.2) is 64.6 Å². The number of hydrogen-bond donors (Lipinski definition) is 2. The van der Waals surface area contributed by atoms with Crippen molar-refractivity contribution in [3.63, 3.8) is 0 Å². The number of amides is 2. The molecule has 2 aromatic carbocycles. The molecule has 0 radical (unpaired) electrons. The van der Waals surface area contributed by atoms with Crippen molar-refractivity contribution in [2.75, 3.05) is 35.9 Å². The number of sulfonamides is 1. The topological polar surface area (TPSA) is 123 Å². The van der Waals surface area contributed by atoms with E-state index in [9.17, 15) is 35.6 Å². The third kappa shape index (κ3) is 7.01. The zero-order valence-corrected chi connectivity index (χ0v) is 23.0. The quantitative estimate of drug-likeness (QED) is 0.455. The third-order valence-electron chi connectivity index (χ3n) is 6.67. The van der Waals surface area contributed by atoms with Gasteiger partial charge in [-0.25, -0.2) is 17.6 Å². The number of benzene rings is 2. The molecule has 4 rings (SSSR count). The molecule has 0 aliphatic carbocycles. The summed E-state index contributed by atoms with van der Waals surface area (Å²) in [7, 11) is -4.31. The van der Waals surface area contributed by atoms with Crippen LogP contribution in [-0.2, 0) is 24.3 Å². The van der Waals surface area contributed by atoms with Crippen LogP contribution in [0.4, 0.5) is 33.7 Å². The summed E-state index contributed by atoms with van der Waals surface area (Å²) in [6.45, 7) is 2.01. The summed E-state index contributed by atoms with van der Waals surface area (Å²) in [4.78, 5) is 24.6. The highest BCUT2D eigenvalue weighted by Gasteiger charge is 2.51. The zero-order chi connectivity index (χ0) is 30.0. The molecule has 2 heterocycles. The molecule has 0 bridgehead atoms. The number of rotatable bonds is 7. The first-order valence-corrected chi connectivity index (χ1v) is 14.1. The number of halogens is 4. The fourth-order valence-corrected chi connectivity index (χ4v) is 5.71. The summed E-state index contributed by atoms with van der Waals surface area (Å²) in [6, 6.07) is 7.97. The van der Waals surface area contributed by atoms with Crippen molar-refractivity contribution in [2.24, 2.45) is 5.92 Å². The van der Waals surface area contributed by atoms with E-state index in [2.05, 4.69) is 15.4 Å². The van der Waals surface area contributed by atoms with E-state index in [0.717, 1.165) is 28.6 Å². The predicted molar refractivity (Wildman–Crippen MR) is 139 cm³/mol. The van der Waals surface area contributed by atoms with Crippen molar-refractivity contribution >= 4 is 33.4 Å². The highest BCUT2D eigenvalue weighted by Crippen LogP contribution is 2.39. The summed E-state index contributed by atoms with van der Waals surface area (Å²) in [5, 5.41) is 4.96. The Bertz CT molecular complexity index is 1380. The molecule has 1 saturated heterocycles. The molecule has 0 spiro atoms. The van der Waals surface area contributed by atoms with Crippen molar-refractivity contribution in [2.45, 2.75) is 49.5 Å². The Kier molecular flexibility index (Phi) is 8.68. The maximum Gasteiger partial charge on any atom is 0.427 e. The van der Waals surface area contributed by atoms with E-state index < -0.39 is 39.8 Å². The van der Waals surface area contributed by atoms with E-state index in [1.807, 2.05) is 0 Å². The van der Waals surface area contributed by atoms with Crippen LogP contribution in [0.5, 0.6) is 5.75 Å². The van der Waals surface area contributed by atoms with Gasteiger partial charge in [-0.3, -0.25) is 14.4 Å². The molecule has 2 aliphatic heterocycles. The van der Waals surface area contributed by atoms with Crippen LogP contribution in [0.2, 0.25) is 0 Å². The smallest absolute Gasteiger partial charge is 0.427 e. The SMILES string of the molecule is CC(C)(OC(=O)Nc1ccc2c(c1)N(S(=O)(=O)c1ccc(F)cc1)CC(CNC(=O)C1CCOCC1)O2)C(F)(F)F. The normalized spacial score (nSPS) is 18.2. The van der Waals surface area contributed by atoms with Gasteiger partial charge in [-0.15, -0.1) is 0 Å². The van der Waals surface area contributed by atoms with Crippen LogP contribution >= 0.6 is 0 Å². The van der Waals surface area contributed by atoms with Gasteiger partial charge in [0.1, 0.15) is 17.7 Å². The first-order chi connectivity index (χ1) is 19.2. The van der Waals surface area contributed by atoms with E-state index in [4.69, 9.17) is 9.47 Å². The van der Waals surface area contributed by atoms with Gasteiger partial charge in [-0.2, -0.15) is 13.2 Å². The fraction of sp³-hybridized carbons (Fsp3) is 0.462. The number of fused-ring (bicyclic) bond motifs is 1. The molecule has 15 heteroatoms. The average Bonchev–Trinajstić information content (AvgIpc) is 2.91. The number of anilines is 2. The molecule has 2 amide bonds. The molecule has 1 unspecified atom stereocenters. The van der Waals surface area contributed by atoms with Crippen molar-refractivity contribution in [1.29, 1.82) is 0 Å². The van der Waals surface area contributed by atoms with Gasteiger partial charge in [-0.1, -0.05) is 0 Å². The van der Waals surface area contributed by atoms with Crippen LogP contribution in [0.3, 0.4) is 0 Å². The Labute approximate surface area is 234 Å². The van der Waals surface area contributed by atoms with Crippen molar-refractivity contribution in [1.82, 2.24) is 5.32 Å². The molecule has 1 fully saturated rings. The van der Waals surface area contributed by atoms with Gasteiger partial charge in [0, 0.05) is 24.8 Å². The Hall–Kier alpha value is -3.59. The standard InChI is InChI=1S/C26H29F4N3O7S/c1-25(2,26(28,29)30)40-24(35)32-18-5-8-22-21(13-18)33(41(36,37)20-6-3-17(27)4-7-20)15-19(39-22)14-31-23(34)16-9-11-38-12-10-16/h3-8,13,16,19H,9-12,14-15H2,1-2H3,(H,31,34)(H,32,35). The summed E-state index contributed by atoms with van der Waals surface area (Å²) in [5.41, 5.74) is -2.88. The molecule has 10 nitrogen and oxygen atoms in total. The molecule has 41 heavy (non-hydrogen) atoms. The van der Waals surface area contributed by atoms with Gasteiger partial charge in [0.2, 0.25) is 11.5 Å². The van der Waals surface area contributed by atoms with E-state index in [0.29, 0.717) is 39.9 Å². The molecule has 224 valence electrons. The summed E-state index contributed by atoms with van der Waals surface area (Å²) >= 11 is 0. The lowest BCUT2D eigenvalue weighted by molar-refractivity contribution is -0.242. The lowest BCUT2D eigenvalue weighted by Gasteiger charge is -2.36. The monoisotopic (exact) mass is 603 g/mol. The Morgan fingerprint density at radius 1 is 1.07 bits per heavy atom. The van der Waals surface area contributed by atoms with Gasteiger partial charge in [0.15, 0.2) is 0 Å². The molecule has 2 N–H and O–H groups in total. The number of carbonyl (C=O) groups is 2. The molecule has 2 aliphatic rings. The maximum atomic E-state index is 13.6. The largest absolute Gasteiger partial charge is 0.484 e. The van der Waals surface area contributed by atoms with Crippen LogP contribution in [0.25, 0.3) is 0 Å². The second kappa shape index (κ2) is 11.7. The van der Waals surface area contributed by atoms with Crippen molar-refractivity contribution < 1.29 is 49.8 Å². The van der Waals surface area contributed by atoms with Crippen LogP contribution in [0.15, 0.2) is 47.4 Å². The number of alkyl halides is 3. The highest BCUT2D eigenvalue weighted by atomic mass is 32.2. The van der Waals surface area contributed by atoms with Crippen LogP contribution in [0, 0.1) is 11.7 Å². The molecule has 1 atom stereocenters. The second-order valence-corrected chi connectivity index (χ2v) is 11.9. The lowest BCUT2D eigenvalue weighted by Crippen LogP contribution is -2.49. The van der Waals surface area contributed by atoms with E-state index >= 15 is 0 Å². The summed E-state index contributed by atoms with van der Waals surface area (Å²) in [5.74, 6) is -1.03. The van der Waals surface area contributed by atoms with E-state index in [1.54, 1.807) is 0 Å². The zero-order valence-electron chi connectivity index (χ0n) is 22.2. The fourth-order valence-electron chi connectivity index (χ4n) is 4.21. The predicted octanol–water partition coefficient (Wildman–Crippen LogP) is 4.21. The summed E-state index contributed by atoms with van der Waals surface area (Å²) in [6.07, 6.45) is -5.94. The Morgan fingerprint density at radius 2 is 1.73 bits per heavy atom. The van der Waals surface area contributed by atoms with Crippen LogP contribution < -0.4 is 19.7 Å². The number of nitrogens with one attached hydrogen (secondary N) is 2. The van der Waals surface area contributed by atoms with Gasteiger partial charge in [-0.05, 0) is 69.2 Å². The molecule has 2 aromatic rings. The number of hydrogen-bond acceptors (Lipinski definition) is 7. The first kappa shape index (κ1) is 30.4. The maximum absolute atomic E-state index is 13.6. The van der Waals surface area contributed by atoms with Crippen molar-refractivity contribution in [3.05, 3.63) is 48.3 Å². The summed E-state index contributed by atoms with van der Waals surface area (Å²) < 4.78 is 96.9. The van der Waals surface area contributed by atoms with Gasteiger partial charge in [0.05, 0.1) is 23.7 Å². The Morgan fingerprint density at radius 3 is 2.37 bits per heavy atom. The molecule has 0 aromatic heterocycles. The van der Waals surface area contributed by atoms with Crippen LogP contribution in [0.1, 0.15) is 26.7 Å². The molecular formula is C26H29F4N3O7S. The molecule has 0 saturated carbocycles. The van der Waals surface area contributed by atoms with E-state index in [-0.39, 0.29) is 46.9 Å². The first-order valence-electron chi connectivity index (χ1n) is 12.7. The van der Waals surface area contributed by atoms with Gasteiger partial charge in [0.25, 0.3) is 10.0 Å². The lowest BCUT2D eigenvalue weighted by atomic mass is 9.99. The Balaban J connectivity index is 1.59. The van der Waals surface area contributed by atoms with Gasteiger partial charge < -0.3 is 19.5 Å². The average molecular weight is 604 g/mol. The number of ether oxygens (including phenoxy) is 3. The van der Waals surface area contributed by atoms with E-state index in [1.165, 1.54) is 18.2 Å². The minimum absolute atomic E-state index is 0.0239. The minimum Gasteiger partial charge on any atom is -0.484 e. The second-order valence-electron chi connectivity index (χ2n) is 10.1. The third-order valence-corrected chi connectivity index (χ3v) is 8.46. The number of nitrogens with zero attached hydrogens (tertiary/aromatic N) is 1. The minimum atomic E-state index is -4.83. The number of carbonyl (C=O) groups excluding carboxylic acids is 2.